The molecule has 0 fully saturated rings. The van der Waals surface area contributed by atoms with Crippen LogP contribution in [-0.2, 0) is 19.5 Å². The van der Waals surface area contributed by atoms with E-state index in [0.717, 1.165) is 17.2 Å². The van der Waals surface area contributed by atoms with E-state index in [1.807, 2.05) is 30.3 Å². The Morgan fingerprint density at radius 3 is 2.85 bits per heavy atom. The van der Waals surface area contributed by atoms with Crippen LogP contribution >= 0.6 is 0 Å². The van der Waals surface area contributed by atoms with E-state index in [-0.39, 0.29) is 11.4 Å². The van der Waals surface area contributed by atoms with Gasteiger partial charge in [-0.3, -0.25) is 5.01 Å². The van der Waals surface area contributed by atoms with E-state index in [1.54, 1.807) is 11.2 Å². The standard InChI is InChI=1S/C23H18F2N6O2/c24-18-3-1-2-17(22(18)25)23-28-20-11-26-31(13-21(20)29-23)12-16-10-19(30-33-16)15-6-4-14(5-7-15)8-9-27-32/h1-7,9-11,32H,8,12-13H2,(H,28,29). The zero-order valence-corrected chi connectivity index (χ0v) is 17.2. The van der Waals surface area contributed by atoms with Crippen molar-refractivity contribution < 1.29 is 18.5 Å². The van der Waals surface area contributed by atoms with E-state index >= 15 is 0 Å². The summed E-state index contributed by atoms with van der Waals surface area (Å²) >= 11 is 0. The summed E-state index contributed by atoms with van der Waals surface area (Å²) in [6.07, 6.45) is 3.56. The number of aromatic amines is 1. The molecule has 8 nitrogen and oxygen atoms in total. The molecule has 2 N–H and O–H groups in total. The number of benzene rings is 2. The molecule has 2 aromatic carbocycles. The molecule has 0 saturated carbocycles. The van der Waals surface area contributed by atoms with Crippen LogP contribution in [0.3, 0.4) is 0 Å². The second-order valence-electron chi connectivity index (χ2n) is 7.49. The monoisotopic (exact) mass is 448 g/mol. The first-order chi connectivity index (χ1) is 16.1. The fraction of sp³-hybridized carbons (Fsp3) is 0.130. The third-order valence-electron chi connectivity index (χ3n) is 5.26. The zero-order chi connectivity index (χ0) is 22.8. The second kappa shape index (κ2) is 8.65. The van der Waals surface area contributed by atoms with Crippen molar-refractivity contribution in [3.05, 3.63) is 82.9 Å². The van der Waals surface area contributed by atoms with Crippen molar-refractivity contribution in [3.8, 4) is 22.6 Å². The Balaban J connectivity index is 1.28. The molecule has 0 unspecified atom stereocenters. The first-order valence-electron chi connectivity index (χ1n) is 10.1. The van der Waals surface area contributed by atoms with Crippen LogP contribution in [0.2, 0.25) is 0 Å². The van der Waals surface area contributed by atoms with Gasteiger partial charge >= 0.3 is 0 Å². The Morgan fingerprint density at radius 2 is 2.03 bits per heavy atom. The molecule has 4 aromatic rings. The number of halogens is 2. The Morgan fingerprint density at radius 1 is 1.18 bits per heavy atom. The van der Waals surface area contributed by atoms with Gasteiger partial charge in [0.2, 0.25) is 0 Å². The van der Waals surface area contributed by atoms with E-state index in [4.69, 9.17) is 9.73 Å². The van der Waals surface area contributed by atoms with Crippen LogP contribution in [0.1, 0.15) is 22.7 Å². The van der Waals surface area contributed by atoms with Gasteiger partial charge < -0.3 is 14.7 Å². The molecule has 1 aliphatic heterocycles. The number of aromatic nitrogens is 3. The van der Waals surface area contributed by atoms with Gasteiger partial charge in [0.25, 0.3) is 0 Å². The minimum absolute atomic E-state index is 0.0684. The van der Waals surface area contributed by atoms with Crippen molar-refractivity contribution in [2.45, 2.75) is 19.5 Å². The number of nitrogens with one attached hydrogen (secondary N) is 1. The van der Waals surface area contributed by atoms with Gasteiger partial charge in [0.15, 0.2) is 17.4 Å². The molecule has 0 saturated heterocycles. The topological polar surface area (TPSA) is 103 Å². The summed E-state index contributed by atoms with van der Waals surface area (Å²) < 4.78 is 33.2. The molecule has 5 rings (SSSR count). The van der Waals surface area contributed by atoms with Crippen LogP contribution in [0.15, 0.2) is 63.3 Å². The molecular formula is C23H18F2N6O2. The number of hydrazone groups is 1. The SMILES string of the molecule is ON=CCc1ccc(-c2cc(CN3Cc4nc(-c5cccc(F)c5F)[nH]c4C=N3)on2)cc1. The summed E-state index contributed by atoms with van der Waals surface area (Å²) in [4.78, 5) is 7.42. The van der Waals surface area contributed by atoms with Gasteiger partial charge in [-0.1, -0.05) is 35.5 Å². The van der Waals surface area contributed by atoms with Crippen LogP contribution in [-0.4, -0.2) is 37.8 Å². The Labute approximate surface area is 186 Å². The molecule has 2 aromatic heterocycles. The highest BCUT2D eigenvalue weighted by Gasteiger charge is 2.21. The first-order valence-corrected chi connectivity index (χ1v) is 10.1. The fourth-order valence-electron chi connectivity index (χ4n) is 3.58. The zero-order valence-electron chi connectivity index (χ0n) is 17.2. The maximum atomic E-state index is 14.1. The van der Waals surface area contributed by atoms with Crippen molar-refractivity contribution in [1.29, 1.82) is 0 Å². The van der Waals surface area contributed by atoms with Crippen molar-refractivity contribution in [2.24, 2.45) is 10.3 Å². The van der Waals surface area contributed by atoms with Gasteiger partial charge in [-0.15, -0.1) is 5.16 Å². The van der Waals surface area contributed by atoms with Crippen LogP contribution < -0.4 is 0 Å². The molecule has 0 amide bonds. The number of hydrogen-bond acceptors (Lipinski definition) is 7. The van der Waals surface area contributed by atoms with Gasteiger partial charge in [-0.05, 0) is 17.7 Å². The fourth-order valence-corrected chi connectivity index (χ4v) is 3.58. The summed E-state index contributed by atoms with van der Waals surface area (Å²) in [5, 5.41) is 21.8. The summed E-state index contributed by atoms with van der Waals surface area (Å²) in [6.45, 7) is 0.737. The van der Waals surface area contributed by atoms with Crippen molar-refractivity contribution in [2.75, 3.05) is 0 Å². The molecule has 166 valence electrons. The molecular weight excluding hydrogens is 430 g/mol. The first kappa shape index (κ1) is 20.6. The maximum absolute atomic E-state index is 14.1. The minimum Gasteiger partial charge on any atom is -0.411 e. The van der Waals surface area contributed by atoms with Crippen LogP contribution in [0.4, 0.5) is 8.78 Å². The quantitative estimate of drug-likeness (QED) is 0.259. The molecule has 3 heterocycles. The van der Waals surface area contributed by atoms with Gasteiger partial charge in [-0.25, -0.2) is 13.8 Å². The third kappa shape index (κ3) is 4.22. The lowest BCUT2D eigenvalue weighted by Gasteiger charge is -2.19. The lowest BCUT2D eigenvalue weighted by molar-refractivity contribution is 0.229. The predicted molar refractivity (Wildman–Crippen MR) is 117 cm³/mol. The predicted octanol–water partition coefficient (Wildman–Crippen LogP) is 4.36. The van der Waals surface area contributed by atoms with E-state index < -0.39 is 11.6 Å². The summed E-state index contributed by atoms with van der Waals surface area (Å²) in [5.41, 5.74) is 3.99. The molecule has 0 bridgehead atoms. The number of rotatable bonds is 6. The normalized spacial score (nSPS) is 13.1. The second-order valence-corrected chi connectivity index (χ2v) is 7.49. The van der Waals surface area contributed by atoms with Gasteiger partial charge in [-0.2, -0.15) is 5.10 Å². The molecule has 0 spiro atoms. The van der Waals surface area contributed by atoms with Crippen LogP contribution in [0.25, 0.3) is 22.6 Å². The summed E-state index contributed by atoms with van der Waals surface area (Å²) in [7, 11) is 0. The highest BCUT2D eigenvalue weighted by atomic mass is 19.2. The largest absolute Gasteiger partial charge is 0.411 e. The molecule has 0 radical (unpaired) electrons. The van der Waals surface area contributed by atoms with E-state index in [0.29, 0.717) is 42.4 Å². The Hall–Kier alpha value is -4.34. The van der Waals surface area contributed by atoms with Gasteiger partial charge in [0.1, 0.15) is 11.5 Å². The smallest absolute Gasteiger partial charge is 0.169 e. The highest BCUT2D eigenvalue weighted by Crippen LogP contribution is 2.26. The number of fused-ring (bicyclic) bond motifs is 1. The van der Waals surface area contributed by atoms with E-state index in [9.17, 15) is 8.78 Å². The Bertz CT molecular complexity index is 1340. The molecule has 33 heavy (non-hydrogen) atoms. The number of hydrogen-bond donors (Lipinski definition) is 2. The number of nitrogens with zero attached hydrogens (tertiary/aromatic N) is 5. The van der Waals surface area contributed by atoms with Crippen LogP contribution in [0, 0.1) is 11.6 Å². The number of oxime groups is 1. The van der Waals surface area contributed by atoms with Gasteiger partial charge in [0, 0.05) is 24.3 Å². The van der Waals surface area contributed by atoms with E-state index in [1.165, 1.54) is 18.3 Å². The molecule has 0 atom stereocenters. The lowest BCUT2D eigenvalue weighted by Crippen LogP contribution is -2.21. The summed E-state index contributed by atoms with van der Waals surface area (Å²) in [5.74, 6) is -0.997. The van der Waals surface area contributed by atoms with Crippen molar-refractivity contribution in [3.63, 3.8) is 0 Å². The lowest BCUT2D eigenvalue weighted by atomic mass is 10.1. The van der Waals surface area contributed by atoms with Crippen molar-refractivity contribution in [1.82, 2.24) is 20.1 Å². The van der Waals surface area contributed by atoms with Crippen molar-refractivity contribution >= 4 is 12.4 Å². The average molecular weight is 448 g/mol. The Kier molecular flexibility index (Phi) is 5.39. The van der Waals surface area contributed by atoms with Crippen LogP contribution in [0.5, 0.6) is 0 Å². The van der Waals surface area contributed by atoms with E-state index in [2.05, 4.69) is 25.4 Å². The highest BCUT2D eigenvalue weighted by molar-refractivity contribution is 5.80. The average Bonchev–Trinajstić information content (AvgIpc) is 3.47. The number of H-pyrrole nitrogens is 1. The molecule has 1 aliphatic rings. The molecule has 0 aliphatic carbocycles. The number of imidazole rings is 1. The third-order valence-corrected chi connectivity index (χ3v) is 5.26. The molecule has 10 heteroatoms. The minimum atomic E-state index is -0.943. The maximum Gasteiger partial charge on any atom is 0.169 e. The summed E-state index contributed by atoms with van der Waals surface area (Å²) in [6, 6.07) is 13.5. The van der Waals surface area contributed by atoms with Gasteiger partial charge in [0.05, 0.1) is 36.3 Å².